The van der Waals surface area contributed by atoms with Crippen molar-refractivity contribution in [3.8, 4) is 0 Å². The fraction of sp³-hybridized carbons (Fsp3) is 0.611. The number of methoxy groups -OCH3 is 1. The van der Waals surface area contributed by atoms with Crippen LogP contribution in [-0.4, -0.2) is 25.8 Å². The second-order valence-corrected chi connectivity index (χ2v) is 5.46. The Morgan fingerprint density at radius 2 is 1.91 bits per heavy atom. The molecule has 0 aromatic carbocycles. The van der Waals surface area contributed by atoms with Crippen molar-refractivity contribution in [2.75, 3.05) is 13.7 Å². The highest BCUT2D eigenvalue weighted by Gasteiger charge is 2.15. The lowest BCUT2D eigenvalue weighted by Gasteiger charge is -2.16. The van der Waals surface area contributed by atoms with Crippen molar-refractivity contribution in [1.29, 1.82) is 0 Å². The Balaban J connectivity index is 2.53. The summed E-state index contributed by atoms with van der Waals surface area (Å²) >= 11 is 0. The second-order valence-electron chi connectivity index (χ2n) is 5.46. The Hall–Kier alpha value is -1.71. The van der Waals surface area contributed by atoms with Gasteiger partial charge in [-0.2, -0.15) is 0 Å². The Labute approximate surface area is 133 Å². The van der Waals surface area contributed by atoms with E-state index in [-0.39, 0.29) is 18.7 Å². The van der Waals surface area contributed by atoms with Crippen LogP contribution in [0.25, 0.3) is 0 Å². The van der Waals surface area contributed by atoms with Gasteiger partial charge >= 0.3 is 5.97 Å². The van der Waals surface area contributed by atoms with E-state index in [1.54, 1.807) is 7.11 Å². The van der Waals surface area contributed by atoms with Gasteiger partial charge < -0.3 is 14.2 Å². The van der Waals surface area contributed by atoms with Crippen LogP contribution in [0.15, 0.2) is 35.8 Å². The highest BCUT2D eigenvalue weighted by atomic mass is 16.6. The predicted octanol–water partition coefficient (Wildman–Crippen LogP) is 4.14. The summed E-state index contributed by atoms with van der Waals surface area (Å²) in [6.07, 6.45) is 11.6. The van der Waals surface area contributed by atoms with Crippen LogP contribution in [0, 0.1) is 5.92 Å². The summed E-state index contributed by atoms with van der Waals surface area (Å²) in [4.78, 5) is 11.9. The molecule has 0 spiro atoms. The lowest BCUT2D eigenvalue weighted by Crippen LogP contribution is -2.21. The largest absolute Gasteiger partial charge is 0.493 e. The van der Waals surface area contributed by atoms with Gasteiger partial charge in [0.1, 0.15) is 6.10 Å². The summed E-state index contributed by atoms with van der Waals surface area (Å²) in [5.74, 6) is 1.14. The van der Waals surface area contributed by atoms with Gasteiger partial charge in [-0.15, -0.1) is 0 Å². The molecule has 4 heteroatoms. The topological polar surface area (TPSA) is 44.8 Å². The van der Waals surface area contributed by atoms with Gasteiger partial charge in [-0.05, 0) is 30.9 Å². The molecule has 0 aromatic heterocycles. The number of unbranched alkanes of at least 4 members (excludes halogenated alkanes) is 1. The minimum absolute atomic E-state index is 0.0171. The average molecular weight is 308 g/mol. The standard InChI is InChI=1S/C18H28O4/c1-5-7-8-15(6-2)22-18(19)13-21-17-12-10-14(3)9-11-16(17)20-4/h9-12,14-15H,5-8,13H2,1-4H3. The molecule has 0 fully saturated rings. The van der Waals surface area contributed by atoms with E-state index in [4.69, 9.17) is 14.2 Å². The Morgan fingerprint density at radius 1 is 1.23 bits per heavy atom. The Morgan fingerprint density at radius 3 is 2.50 bits per heavy atom. The molecule has 1 aliphatic carbocycles. The first-order chi connectivity index (χ1) is 10.6. The lowest BCUT2D eigenvalue weighted by atomic mass is 10.1. The maximum Gasteiger partial charge on any atom is 0.344 e. The van der Waals surface area contributed by atoms with E-state index in [1.165, 1.54) is 0 Å². The number of hydrogen-bond donors (Lipinski definition) is 0. The predicted molar refractivity (Wildman–Crippen MR) is 87.1 cm³/mol. The molecule has 0 heterocycles. The summed E-state index contributed by atoms with van der Waals surface area (Å²) in [6.45, 7) is 6.12. The molecule has 0 bridgehead atoms. The zero-order chi connectivity index (χ0) is 16.4. The monoisotopic (exact) mass is 308 g/mol. The number of hydrogen-bond acceptors (Lipinski definition) is 4. The summed E-state index contributed by atoms with van der Waals surface area (Å²) in [6, 6.07) is 0. The zero-order valence-electron chi connectivity index (χ0n) is 14.1. The Bertz CT molecular complexity index is 434. The normalized spacial score (nSPS) is 18.8. The van der Waals surface area contributed by atoms with E-state index in [2.05, 4.69) is 13.8 Å². The van der Waals surface area contributed by atoms with Gasteiger partial charge in [-0.3, -0.25) is 0 Å². The number of rotatable bonds is 9. The molecule has 0 aliphatic heterocycles. The molecule has 0 saturated heterocycles. The number of esters is 1. The maximum absolute atomic E-state index is 11.9. The van der Waals surface area contributed by atoms with E-state index in [1.807, 2.05) is 31.2 Å². The number of carbonyl (C=O) groups is 1. The molecule has 4 nitrogen and oxygen atoms in total. The van der Waals surface area contributed by atoms with Gasteiger partial charge in [-0.1, -0.05) is 45.8 Å². The molecule has 0 aromatic rings. The summed E-state index contributed by atoms with van der Waals surface area (Å²) in [5, 5.41) is 0. The van der Waals surface area contributed by atoms with Crippen LogP contribution in [0.3, 0.4) is 0 Å². The number of ether oxygens (including phenoxy) is 3. The highest BCUT2D eigenvalue weighted by molar-refractivity contribution is 5.71. The second kappa shape index (κ2) is 10.1. The third kappa shape index (κ3) is 6.37. The molecule has 0 amide bonds. The summed E-state index contributed by atoms with van der Waals surface area (Å²) in [7, 11) is 1.59. The van der Waals surface area contributed by atoms with Gasteiger partial charge in [0.05, 0.1) is 7.11 Å². The van der Waals surface area contributed by atoms with E-state index in [9.17, 15) is 4.79 Å². The average Bonchev–Trinajstić information content (AvgIpc) is 2.70. The summed E-state index contributed by atoms with van der Waals surface area (Å²) in [5.41, 5.74) is 0. The molecule has 1 rings (SSSR count). The lowest BCUT2D eigenvalue weighted by molar-refractivity contribution is -0.153. The maximum atomic E-state index is 11.9. The minimum Gasteiger partial charge on any atom is -0.493 e. The van der Waals surface area contributed by atoms with Crippen molar-refractivity contribution < 1.29 is 19.0 Å². The number of allylic oxidation sites excluding steroid dienone is 4. The van der Waals surface area contributed by atoms with Crippen LogP contribution in [0.4, 0.5) is 0 Å². The van der Waals surface area contributed by atoms with Crippen LogP contribution >= 0.6 is 0 Å². The fourth-order valence-electron chi connectivity index (χ4n) is 2.13. The van der Waals surface area contributed by atoms with Crippen LogP contribution in [0.5, 0.6) is 0 Å². The quantitative estimate of drug-likeness (QED) is 0.601. The third-order valence-corrected chi connectivity index (χ3v) is 3.54. The smallest absolute Gasteiger partial charge is 0.344 e. The Kier molecular flexibility index (Phi) is 8.41. The van der Waals surface area contributed by atoms with Gasteiger partial charge in [0.25, 0.3) is 0 Å². The van der Waals surface area contributed by atoms with Gasteiger partial charge in [-0.25, -0.2) is 4.79 Å². The number of carbonyl (C=O) groups excluding carboxylic acids is 1. The van der Waals surface area contributed by atoms with E-state index in [0.29, 0.717) is 17.4 Å². The van der Waals surface area contributed by atoms with Gasteiger partial charge in [0, 0.05) is 0 Å². The van der Waals surface area contributed by atoms with E-state index in [0.717, 1.165) is 25.7 Å². The third-order valence-electron chi connectivity index (χ3n) is 3.54. The van der Waals surface area contributed by atoms with Crippen molar-refractivity contribution in [2.24, 2.45) is 5.92 Å². The van der Waals surface area contributed by atoms with Crippen LogP contribution in [0.2, 0.25) is 0 Å². The van der Waals surface area contributed by atoms with Gasteiger partial charge in [0.2, 0.25) is 0 Å². The minimum atomic E-state index is -0.333. The molecule has 22 heavy (non-hydrogen) atoms. The zero-order valence-corrected chi connectivity index (χ0v) is 14.1. The molecule has 2 unspecified atom stereocenters. The fourth-order valence-corrected chi connectivity index (χ4v) is 2.13. The van der Waals surface area contributed by atoms with Crippen LogP contribution in [0.1, 0.15) is 46.5 Å². The summed E-state index contributed by atoms with van der Waals surface area (Å²) < 4.78 is 16.3. The molecular formula is C18H28O4. The molecule has 124 valence electrons. The molecule has 2 atom stereocenters. The van der Waals surface area contributed by atoms with Crippen LogP contribution < -0.4 is 0 Å². The van der Waals surface area contributed by atoms with Crippen molar-refractivity contribution >= 4 is 5.97 Å². The van der Waals surface area contributed by atoms with Crippen molar-refractivity contribution in [3.63, 3.8) is 0 Å². The SMILES string of the molecule is CCCCC(CC)OC(=O)COC1=C(OC)C=CC(C)C=C1. The molecule has 0 N–H and O–H groups in total. The first-order valence-electron chi connectivity index (χ1n) is 8.07. The molecule has 0 radical (unpaired) electrons. The first-order valence-corrected chi connectivity index (χ1v) is 8.07. The molecular weight excluding hydrogens is 280 g/mol. The van der Waals surface area contributed by atoms with Crippen molar-refractivity contribution in [1.82, 2.24) is 0 Å². The van der Waals surface area contributed by atoms with Crippen molar-refractivity contribution in [3.05, 3.63) is 35.8 Å². The highest BCUT2D eigenvalue weighted by Crippen LogP contribution is 2.18. The van der Waals surface area contributed by atoms with Crippen LogP contribution in [-0.2, 0) is 19.0 Å². The van der Waals surface area contributed by atoms with Gasteiger partial charge in [0.15, 0.2) is 18.1 Å². The first kappa shape index (κ1) is 18.3. The van der Waals surface area contributed by atoms with E-state index < -0.39 is 0 Å². The van der Waals surface area contributed by atoms with E-state index >= 15 is 0 Å². The van der Waals surface area contributed by atoms with Crippen molar-refractivity contribution in [2.45, 2.75) is 52.6 Å². The molecule has 1 aliphatic rings. The molecule has 0 saturated carbocycles.